The average Bonchev–Trinajstić information content (AvgIpc) is 3.72. The van der Waals surface area contributed by atoms with Gasteiger partial charge in [0.1, 0.15) is 41.7 Å². The van der Waals surface area contributed by atoms with Crippen LogP contribution in [0.1, 0.15) is 13.8 Å². The first kappa shape index (κ1) is 39.6. The van der Waals surface area contributed by atoms with E-state index in [4.69, 9.17) is 21.3 Å². The van der Waals surface area contributed by atoms with Gasteiger partial charge in [-0.15, -0.1) is 0 Å². The minimum atomic E-state index is -0.584. The number of hydrogen-bond donors (Lipinski definition) is 3. The van der Waals surface area contributed by atoms with E-state index in [0.717, 1.165) is 0 Å². The monoisotopic (exact) mass is 800 g/mol. The number of hydrazone groups is 2. The molecule has 4 aliphatic rings. The lowest BCUT2D eigenvalue weighted by atomic mass is 10.2. The molecular weight excluding hydrogens is 766 g/mol. The van der Waals surface area contributed by atoms with Gasteiger partial charge in [-0.3, -0.25) is 19.4 Å². The van der Waals surface area contributed by atoms with Crippen molar-refractivity contribution < 1.29 is 37.4 Å². The van der Waals surface area contributed by atoms with Crippen molar-refractivity contribution in [2.45, 2.75) is 26.1 Å². The van der Waals surface area contributed by atoms with Crippen LogP contribution in [-0.4, -0.2) is 106 Å². The predicted octanol–water partition coefficient (Wildman–Crippen LogP) is 2.69. The summed E-state index contributed by atoms with van der Waals surface area (Å²) in [6.07, 6.45) is 0.843. The maximum atomic E-state index is 14.5. The summed E-state index contributed by atoms with van der Waals surface area (Å²) in [5.41, 5.74) is 4.29. The van der Waals surface area contributed by atoms with E-state index < -0.39 is 36.0 Å². The number of hydrogen-bond acceptors (Lipinski definition) is 13. The van der Waals surface area contributed by atoms with Gasteiger partial charge in [-0.1, -0.05) is 0 Å². The summed E-state index contributed by atoms with van der Waals surface area (Å²) in [5.74, 6) is -1.37. The Morgan fingerprint density at radius 3 is 1.79 bits per heavy atom. The summed E-state index contributed by atoms with van der Waals surface area (Å²) in [6.45, 7) is 12.6. The van der Waals surface area contributed by atoms with Gasteiger partial charge in [0.15, 0.2) is 0 Å². The van der Waals surface area contributed by atoms with Gasteiger partial charge < -0.3 is 46.9 Å². The van der Waals surface area contributed by atoms with E-state index in [1.165, 1.54) is 53.6 Å². The van der Waals surface area contributed by atoms with Crippen LogP contribution in [0.2, 0.25) is 0 Å². The molecule has 2 atom stereocenters. The topological polar surface area (TPSA) is 192 Å². The zero-order valence-electron chi connectivity index (χ0n) is 28.5. The number of nitriles is 1. The predicted molar refractivity (Wildman–Crippen MR) is 193 cm³/mol. The second kappa shape index (κ2) is 18.9. The SMILES string of the molecule is CC(=O)NC[C@H]1CN(c2ccc(N3C=NNCC3)c(F)c2)C(=O)O1.N#CBr.[C-]#[N+]N1CCN(c2ccc(N3C[C@H](CNC(C)=O)OC3=O)cc2F)C=N1. The van der Waals surface area contributed by atoms with Crippen LogP contribution in [0.5, 0.6) is 0 Å². The highest BCUT2D eigenvalue weighted by Crippen LogP contribution is 2.29. The minimum Gasteiger partial charge on any atom is -0.442 e. The summed E-state index contributed by atoms with van der Waals surface area (Å²) in [6, 6.07) is 9.00. The van der Waals surface area contributed by atoms with Gasteiger partial charge in [0.25, 0.3) is 0 Å². The lowest BCUT2D eigenvalue weighted by molar-refractivity contribution is -0.120. The van der Waals surface area contributed by atoms with Crippen LogP contribution in [0.4, 0.5) is 41.1 Å². The molecule has 280 valence electrons. The summed E-state index contributed by atoms with van der Waals surface area (Å²) < 4.78 is 39.3. The van der Waals surface area contributed by atoms with Crippen LogP contribution < -0.4 is 35.7 Å². The zero-order chi connectivity index (χ0) is 38.5. The number of nitrogens with one attached hydrogen (secondary N) is 3. The molecule has 18 nitrogen and oxygen atoms in total. The van der Waals surface area contributed by atoms with Crippen LogP contribution in [-0.2, 0) is 19.1 Å². The lowest BCUT2D eigenvalue weighted by Crippen LogP contribution is -2.35. The van der Waals surface area contributed by atoms with Gasteiger partial charge in [0, 0.05) is 41.4 Å². The molecule has 3 N–H and O–H groups in total. The maximum Gasteiger partial charge on any atom is 0.414 e. The van der Waals surface area contributed by atoms with Crippen LogP contribution in [0.3, 0.4) is 0 Å². The van der Waals surface area contributed by atoms with Crippen molar-refractivity contribution in [3.63, 3.8) is 0 Å². The number of cyclic esters (lactones) is 2. The number of benzene rings is 2. The van der Waals surface area contributed by atoms with E-state index in [9.17, 15) is 28.0 Å². The first-order valence-corrected chi connectivity index (χ1v) is 16.8. The highest BCUT2D eigenvalue weighted by Gasteiger charge is 2.34. The highest BCUT2D eigenvalue weighted by atomic mass is 79.9. The fourth-order valence-electron chi connectivity index (χ4n) is 5.26. The number of anilines is 4. The molecule has 4 aliphatic heterocycles. The maximum absolute atomic E-state index is 14.5. The molecule has 0 radical (unpaired) electrons. The first-order valence-electron chi connectivity index (χ1n) is 16.0. The van der Waals surface area contributed by atoms with Gasteiger partial charge >= 0.3 is 12.2 Å². The van der Waals surface area contributed by atoms with Crippen molar-refractivity contribution in [2.24, 2.45) is 10.2 Å². The van der Waals surface area contributed by atoms with Crippen LogP contribution in [0.15, 0.2) is 46.6 Å². The molecule has 53 heavy (non-hydrogen) atoms. The first-order chi connectivity index (χ1) is 25.4. The van der Waals surface area contributed by atoms with Crippen molar-refractivity contribution in [3.05, 3.63) is 59.6 Å². The summed E-state index contributed by atoms with van der Waals surface area (Å²) >= 11 is 2.45. The van der Waals surface area contributed by atoms with Gasteiger partial charge in [-0.25, -0.2) is 18.4 Å². The Labute approximate surface area is 311 Å². The number of amides is 4. The van der Waals surface area contributed by atoms with E-state index in [0.29, 0.717) is 48.9 Å². The number of carbonyl (C=O) groups is 4. The van der Waals surface area contributed by atoms with E-state index in [2.05, 4.69) is 47.1 Å². The Balaban J connectivity index is 0.000000221. The molecule has 2 saturated heterocycles. The van der Waals surface area contributed by atoms with Crippen molar-refractivity contribution >= 4 is 75.4 Å². The molecule has 21 heteroatoms. The molecule has 2 aromatic rings. The number of ether oxygens (including phenoxy) is 2. The van der Waals surface area contributed by atoms with Gasteiger partial charge in [-0.2, -0.15) is 10.4 Å². The molecule has 2 fully saturated rings. The molecule has 0 bridgehead atoms. The van der Waals surface area contributed by atoms with Crippen molar-refractivity contribution in [2.75, 3.05) is 72.0 Å². The molecule has 6 rings (SSSR count). The smallest absolute Gasteiger partial charge is 0.414 e. The molecule has 4 heterocycles. The molecule has 0 saturated carbocycles. The van der Waals surface area contributed by atoms with Crippen molar-refractivity contribution in [1.29, 1.82) is 5.26 Å². The van der Waals surface area contributed by atoms with Crippen molar-refractivity contribution in [1.82, 2.24) is 21.2 Å². The summed E-state index contributed by atoms with van der Waals surface area (Å²) in [5, 5.41) is 21.4. The Bertz CT molecular complexity index is 1820. The van der Waals surface area contributed by atoms with E-state index in [1.54, 1.807) is 39.0 Å². The third-order valence-corrected chi connectivity index (χ3v) is 7.74. The quantitative estimate of drug-likeness (QED) is 0.333. The number of carbonyl (C=O) groups excluding carboxylic acids is 4. The molecular formula is C32H35BrF2N12O6. The van der Waals surface area contributed by atoms with E-state index in [-0.39, 0.29) is 38.0 Å². The minimum absolute atomic E-state index is 0.197. The molecule has 0 aliphatic carbocycles. The average molecular weight is 802 g/mol. The molecule has 0 unspecified atom stereocenters. The second-order valence-corrected chi connectivity index (χ2v) is 11.8. The molecule has 0 spiro atoms. The third-order valence-electron chi connectivity index (χ3n) is 7.74. The van der Waals surface area contributed by atoms with Crippen LogP contribution in [0.25, 0.3) is 4.95 Å². The lowest BCUT2D eigenvalue weighted by Gasteiger charge is -2.24. The Hall–Kier alpha value is -6.22. The second-order valence-electron chi connectivity index (χ2n) is 11.4. The van der Waals surface area contributed by atoms with Gasteiger partial charge in [-0.05, 0) is 36.4 Å². The Morgan fingerprint density at radius 2 is 1.42 bits per heavy atom. The van der Waals surface area contributed by atoms with Crippen molar-refractivity contribution in [3.8, 4) is 4.98 Å². The fourth-order valence-corrected chi connectivity index (χ4v) is 5.26. The molecule has 2 aromatic carbocycles. The molecule has 4 amide bonds. The standard InChI is InChI=1S/C16H17FN6O3.C15H18FN5O3.CBrN/c1-11(24)19-8-13-9-22(16(25)26-13)12-3-4-15(14(17)7-12)21-5-6-23(18-2)20-10-21;1-10(22)17-7-12-8-21(15(23)24-12)11-2-3-14(13(16)6-11)20-5-4-18-19-9-20;2-1-3/h3-4,7,10,13H,5-6,8-9H2,1H3,(H,19,24);2-3,6,9,12,18H,4-5,7-8H2,1H3,(H,17,22);/t13-;12-;/m00./s1. The largest absolute Gasteiger partial charge is 0.442 e. The summed E-state index contributed by atoms with van der Waals surface area (Å²) in [7, 11) is 0. The Morgan fingerprint density at radius 1 is 0.925 bits per heavy atom. The van der Waals surface area contributed by atoms with E-state index in [1.807, 2.05) is 0 Å². The van der Waals surface area contributed by atoms with E-state index >= 15 is 0 Å². The zero-order valence-corrected chi connectivity index (χ0v) is 30.1. The summed E-state index contributed by atoms with van der Waals surface area (Å²) in [4.78, 5) is 56.6. The van der Waals surface area contributed by atoms with Gasteiger partial charge in [0.05, 0.1) is 67.1 Å². The normalized spacial score (nSPS) is 18.7. The fraction of sp³-hybridized carbons (Fsp3) is 0.375. The number of rotatable bonds is 8. The van der Waals surface area contributed by atoms with Crippen LogP contribution >= 0.6 is 15.9 Å². The molecule has 0 aromatic heterocycles. The van der Waals surface area contributed by atoms with Gasteiger partial charge in [0.2, 0.25) is 18.2 Å². The number of nitrogens with zero attached hydrogens (tertiary/aromatic N) is 9. The number of halogens is 3. The third kappa shape index (κ3) is 10.9. The Kier molecular flexibility index (Phi) is 14.1. The highest BCUT2D eigenvalue weighted by molar-refractivity contribution is 9.12. The van der Waals surface area contributed by atoms with Crippen LogP contribution in [0, 0.1) is 28.4 Å².